The lowest BCUT2D eigenvalue weighted by Gasteiger charge is -2.14. The molecule has 0 aromatic carbocycles. The Bertz CT molecular complexity index is 628. The highest BCUT2D eigenvalue weighted by Crippen LogP contribution is 2.30. The third-order valence-electron chi connectivity index (χ3n) is 3.09. The van der Waals surface area contributed by atoms with Gasteiger partial charge in [0.15, 0.2) is 6.10 Å². The van der Waals surface area contributed by atoms with Crippen LogP contribution < -0.4 is 11.2 Å². The van der Waals surface area contributed by atoms with E-state index >= 15 is 0 Å². The molecular formula is C11H13N3O5. The number of rotatable bonds is 2. The molecule has 0 bridgehead atoms. The van der Waals surface area contributed by atoms with E-state index in [-0.39, 0.29) is 5.56 Å². The number of aromatic amines is 1. The smallest absolute Gasteiger partial charge is 0.330 e. The van der Waals surface area contributed by atoms with Crippen molar-refractivity contribution < 1.29 is 14.9 Å². The Morgan fingerprint density at radius 3 is 2.84 bits per heavy atom. The number of hydrogen-bond acceptors (Lipinski definition) is 5. The van der Waals surface area contributed by atoms with E-state index in [0.717, 1.165) is 4.57 Å². The summed E-state index contributed by atoms with van der Waals surface area (Å²) in [7, 11) is 0. The minimum atomic E-state index is -1.19. The van der Waals surface area contributed by atoms with Crippen molar-refractivity contribution in [3.63, 3.8) is 0 Å². The van der Waals surface area contributed by atoms with Crippen molar-refractivity contribution in [2.24, 2.45) is 0 Å². The van der Waals surface area contributed by atoms with Gasteiger partial charge in [0.1, 0.15) is 6.10 Å². The van der Waals surface area contributed by atoms with Crippen molar-refractivity contribution in [1.29, 1.82) is 0 Å². The molecule has 1 fully saturated rings. The number of aliphatic hydroxyl groups is 2. The molecule has 19 heavy (non-hydrogen) atoms. The third-order valence-corrected chi connectivity index (χ3v) is 3.09. The normalized spacial score (nSPS) is 30.2. The van der Waals surface area contributed by atoms with E-state index in [1.165, 1.54) is 13.1 Å². The van der Waals surface area contributed by atoms with Crippen LogP contribution in [-0.4, -0.2) is 44.6 Å². The van der Waals surface area contributed by atoms with Crippen LogP contribution in [0.25, 0.3) is 4.85 Å². The van der Waals surface area contributed by atoms with Crippen molar-refractivity contribution in [2.45, 2.75) is 31.4 Å². The van der Waals surface area contributed by atoms with Crippen LogP contribution in [0.4, 0.5) is 0 Å². The molecule has 1 aliphatic rings. The van der Waals surface area contributed by atoms with Gasteiger partial charge in [-0.05, 0) is 6.92 Å². The Morgan fingerprint density at radius 2 is 2.26 bits per heavy atom. The Labute approximate surface area is 107 Å². The third kappa shape index (κ3) is 2.19. The molecular weight excluding hydrogens is 254 g/mol. The van der Waals surface area contributed by atoms with Gasteiger partial charge < -0.3 is 19.8 Å². The Morgan fingerprint density at radius 1 is 1.58 bits per heavy atom. The van der Waals surface area contributed by atoms with E-state index < -0.39 is 42.3 Å². The maximum absolute atomic E-state index is 11.7. The van der Waals surface area contributed by atoms with Crippen molar-refractivity contribution in [3.8, 4) is 0 Å². The van der Waals surface area contributed by atoms with Gasteiger partial charge in [-0.1, -0.05) is 0 Å². The van der Waals surface area contributed by atoms with Crippen LogP contribution in [0.1, 0.15) is 11.8 Å². The molecule has 0 amide bonds. The number of nitrogens with one attached hydrogen (secondary N) is 1. The van der Waals surface area contributed by atoms with Gasteiger partial charge in [-0.3, -0.25) is 14.3 Å². The zero-order chi connectivity index (χ0) is 14.2. The first kappa shape index (κ1) is 13.5. The lowest BCUT2D eigenvalue weighted by Crippen LogP contribution is -2.37. The van der Waals surface area contributed by atoms with E-state index in [0.29, 0.717) is 0 Å². The van der Waals surface area contributed by atoms with Crippen molar-refractivity contribution in [3.05, 3.63) is 44.0 Å². The van der Waals surface area contributed by atoms with Gasteiger partial charge in [0.2, 0.25) is 6.23 Å². The van der Waals surface area contributed by atoms with Gasteiger partial charge in [0, 0.05) is 11.8 Å². The van der Waals surface area contributed by atoms with Crippen LogP contribution in [0.15, 0.2) is 15.8 Å². The molecule has 0 aliphatic carbocycles. The summed E-state index contributed by atoms with van der Waals surface area (Å²) >= 11 is 0. The van der Waals surface area contributed by atoms with E-state index in [4.69, 9.17) is 16.4 Å². The van der Waals surface area contributed by atoms with Gasteiger partial charge >= 0.3 is 5.69 Å². The average Bonchev–Trinajstić information content (AvgIpc) is 2.70. The van der Waals surface area contributed by atoms with Crippen LogP contribution in [0.2, 0.25) is 0 Å². The van der Waals surface area contributed by atoms with E-state index in [2.05, 4.69) is 9.83 Å². The number of ether oxygens (including phenoxy) is 1. The molecule has 2 heterocycles. The number of aromatic nitrogens is 2. The molecule has 1 aliphatic heterocycles. The van der Waals surface area contributed by atoms with E-state index in [1.807, 2.05) is 0 Å². The molecule has 2 rings (SSSR count). The molecule has 4 atom stereocenters. The predicted octanol–water partition coefficient (Wildman–Crippen LogP) is -1.62. The summed E-state index contributed by atoms with van der Waals surface area (Å²) in [4.78, 5) is 28.3. The van der Waals surface area contributed by atoms with Gasteiger partial charge in [0.25, 0.3) is 11.6 Å². The lowest BCUT2D eigenvalue weighted by atomic mass is 10.1. The minimum Gasteiger partial charge on any atom is -0.394 e. The maximum atomic E-state index is 11.7. The molecule has 3 N–H and O–H groups in total. The minimum absolute atomic E-state index is 0.286. The summed E-state index contributed by atoms with van der Waals surface area (Å²) in [5.41, 5.74) is -0.952. The molecule has 1 aromatic rings. The number of hydrogen-bond donors (Lipinski definition) is 3. The summed E-state index contributed by atoms with van der Waals surface area (Å²) in [6.45, 7) is 8.11. The largest absolute Gasteiger partial charge is 0.394 e. The monoisotopic (exact) mass is 267 g/mol. The van der Waals surface area contributed by atoms with Crippen molar-refractivity contribution >= 4 is 0 Å². The topological polar surface area (TPSA) is 109 Å². The van der Waals surface area contributed by atoms with Gasteiger partial charge in [-0.25, -0.2) is 11.4 Å². The molecule has 8 nitrogen and oxygen atoms in total. The fourth-order valence-electron chi connectivity index (χ4n) is 2.03. The zero-order valence-electron chi connectivity index (χ0n) is 10.1. The molecule has 102 valence electrons. The highest BCUT2D eigenvalue weighted by atomic mass is 16.5. The van der Waals surface area contributed by atoms with E-state index in [9.17, 15) is 14.7 Å². The van der Waals surface area contributed by atoms with Crippen LogP contribution in [0.3, 0.4) is 0 Å². The first-order valence-electron chi connectivity index (χ1n) is 5.62. The van der Waals surface area contributed by atoms with Crippen LogP contribution >= 0.6 is 0 Å². The Balaban J connectivity index is 2.48. The maximum Gasteiger partial charge on any atom is 0.330 e. The average molecular weight is 267 g/mol. The summed E-state index contributed by atoms with van der Waals surface area (Å²) < 4.78 is 6.37. The summed E-state index contributed by atoms with van der Waals surface area (Å²) in [5.74, 6) is 0. The van der Waals surface area contributed by atoms with E-state index in [1.54, 1.807) is 0 Å². The molecule has 0 radical (unpaired) electrons. The lowest BCUT2D eigenvalue weighted by molar-refractivity contribution is -0.0461. The number of aliphatic hydroxyl groups excluding tert-OH is 2. The number of nitrogens with zero attached hydrogens (tertiary/aromatic N) is 2. The second-order valence-corrected chi connectivity index (χ2v) is 4.34. The Hall–Kier alpha value is -1.95. The molecule has 0 unspecified atom stereocenters. The quantitative estimate of drug-likeness (QED) is 0.558. The van der Waals surface area contributed by atoms with Crippen LogP contribution in [-0.2, 0) is 4.74 Å². The molecule has 8 heteroatoms. The standard InChI is InChI=1S/C11H13N3O5/c1-5-3-14(11(18)13-9(5)17)10-7(12-2)8(16)6(4-15)19-10/h3,6-8,10,15-16H,4H2,1H3,(H,13,17,18)/t6-,7+,8-,10-/m1/s1. The zero-order valence-corrected chi connectivity index (χ0v) is 10.1. The summed E-state index contributed by atoms with van der Waals surface area (Å²) in [5, 5.41) is 18.9. The molecule has 1 aromatic heterocycles. The summed E-state index contributed by atoms with van der Waals surface area (Å²) in [6.07, 6.45) is -1.88. The van der Waals surface area contributed by atoms with Crippen LogP contribution in [0, 0.1) is 13.5 Å². The number of aryl methyl sites for hydroxylation is 1. The second-order valence-electron chi connectivity index (χ2n) is 4.34. The SMILES string of the molecule is [C-]#[N+][C@H]1[C@H](O)[C@@H](CO)O[C@H]1n1cc(C)c(=O)[nH]c1=O. The van der Waals surface area contributed by atoms with Crippen molar-refractivity contribution in [2.75, 3.05) is 6.61 Å². The number of H-pyrrole nitrogens is 1. The predicted molar refractivity (Wildman–Crippen MR) is 63.5 cm³/mol. The van der Waals surface area contributed by atoms with Gasteiger partial charge in [-0.2, -0.15) is 0 Å². The van der Waals surface area contributed by atoms with Crippen LogP contribution in [0.5, 0.6) is 0 Å². The van der Waals surface area contributed by atoms with Gasteiger partial charge in [0.05, 0.1) is 6.61 Å². The highest BCUT2D eigenvalue weighted by Gasteiger charge is 2.49. The first-order valence-corrected chi connectivity index (χ1v) is 5.62. The van der Waals surface area contributed by atoms with Crippen molar-refractivity contribution in [1.82, 2.24) is 9.55 Å². The fourth-order valence-corrected chi connectivity index (χ4v) is 2.03. The Kier molecular flexibility index (Phi) is 3.53. The fraction of sp³-hybridized carbons (Fsp3) is 0.545. The highest BCUT2D eigenvalue weighted by molar-refractivity contribution is 5.06. The first-order chi connectivity index (χ1) is 8.99. The summed E-state index contributed by atoms with van der Waals surface area (Å²) in [6, 6.07) is -1.01. The van der Waals surface area contributed by atoms with Gasteiger partial charge in [-0.15, -0.1) is 0 Å². The second kappa shape index (κ2) is 4.97. The molecule has 0 saturated carbocycles. The molecule has 0 spiro atoms. The molecule has 1 saturated heterocycles.